The van der Waals surface area contributed by atoms with Gasteiger partial charge in [-0.25, -0.2) is 4.79 Å². The quantitative estimate of drug-likeness (QED) is 0.713. The number of carbonyl (C=O) groups is 2. The van der Waals surface area contributed by atoms with E-state index in [1.54, 1.807) is 6.07 Å². The molecule has 0 unspecified atom stereocenters. The van der Waals surface area contributed by atoms with Crippen LogP contribution in [0.3, 0.4) is 0 Å². The number of hydrogen-bond donors (Lipinski definition) is 1. The van der Waals surface area contributed by atoms with Crippen LogP contribution in [-0.4, -0.2) is 31.7 Å². The number of aryl methyl sites for hydroxylation is 2. The highest BCUT2D eigenvalue weighted by Crippen LogP contribution is 2.34. The van der Waals surface area contributed by atoms with Gasteiger partial charge in [0, 0.05) is 16.2 Å². The van der Waals surface area contributed by atoms with Gasteiger partial charge in [-0.15, -0.1) is 11.3 Å². The molecule has 7 heteroatoms. The summed E-state index contributed by atoms with van der Waals surface area (Å²) in [6.45, 7) is 8.77. The van der Waals surface area contributed by atoms with Crippen molar-refractivity contribution in [1.82, 2.24) is 5.32 Å². The predicted octanol–water partition coefficient (Wildman–Crippen LogP) is 4.20. The van der Waals surface area contributed by atoms with Crippen LogP contribution in [0, 0.1) is 19.8 Å². The molecular formula is C22H27NO5S. The second-order valence-corrected chi connectivity index (χ2v) is 8.91. The van der Waals surface area contributed by atoms with Gasteiger partial charge >= 0.3 is 5.97 Å². The number of amides is 1. The SMILES string of the molecule is Cc1cc(C(=O)OCC(=O)N[C@@H](c2ccc3c(c2)OCCCO3)C(C)C)c(C)s1. The van der Waals surface area contributed by atoms with E-state index in [2.05, 4.69) is 5.32 Å². The van der Waals surface area contributed by atoms with Crippen molar-refractivity contribution in [3.63, 3.8) is 0 Å². The molecule has 1 N–H and O–H groups in total. The summed E-state index contributed by atoms with van der Waals surface area (Å²) >= 11 is 1.53. The topological polar surface area (TPSA) is 73.9 Å². The molecule has 1 aromatic heterocycles. The zero-order valence-electron chi connectivity index (χ0n) is 17.2. The van der Waals surface area contributed by atoms with Crippen LogP contribution in [-0.2, 0) is 9.53 Å². The van der Waals surface area contributed by atoms with Crippen molar-refractivity contribution in [3.05, 3.63) is 45.1 Å². The molecule has 0 aliphatic carbocycles. The van der Waals surface area contributed by atoms with Crippen molar-refractivity contribution in [2.45, 2.75) is 40.2 Å². The first-order valence-corrected chi connectivity index (χ1v) is 10.6. The summed E-state index contributed by atoms with van der Waals surface area (Å²) in [4.78, 5) is 26.6. The van der Waals surface area contributed by atoms with Gasteiger partial charge in [-0.3, -0.25) is 4.79 Å². The Balaban J connectivity index is 1.64. The van der Waals surface area contributed by atoms with Crippen LogP contribution in [0.4, 0.5) is 0 Å². The van der Waals surface area contributed by atoms with Gasteiger partial charge in [0.05, 0.1) is 24.8 Å². The monoisotopic (exact) mass is 417 g/mol. The number of ether oxygens (including phenoxy) is 3. The number of carbonyl (C=O) groups excluding carboxylic acids is 2. The predicted molar refractivity (Wildman–Crippen MR) is 112 cm³/mol. The largest absolute Gasteiger partial charge is 0.490 e. The van der Waals surface area contributed by atoms with Crippen molar-refractivity contribution in [2.24, 2.45) is 5.92 Å². The van der Waals surface area contributed by atoms with Crippen molar-refractivity contribution in [3.8, 4) is 11.5 Å². The van der Waals surface area contributed by atoms with E-state index in [0.717, 1.165) is 27.5 Å². The third-order valence-electron chi connectivity index (χ3n) is 4.71. The molecule has 0 spiro atoms. The first-order valence-electron chi connectivity index (χ1n) is 9.78. The number of fused-ring (bicyclic) bond motifs is 1. The molecule has 29 heavy (non-hydrogen) atoms. The minimum absolute atomic E-state index is 0.140. The van der Waals surface area contributed by atoms with E-state index in [0.29, 0.717) is 24.5 Å². The molecule has 0 radical (unpaired) electrons. The maximum absolute atomic E-state index is 12.5. The fourth-order valence-corrected chi connectivity index (χ4v) is 4.18. The maximum atomic E-state index is 12.5. The summed E-state index contributed by atoms with van der Waals surface area (Å²) in [5.41, 5.74) is 1.44. The molecule has 2 heterocycles. The number of hydrogen-bond acceptors (Lipinski definition) is 6. The average Bonchev–Trinajstić information content (AvgIpc) is 2.88. The molecule has 1 aromatic carbocycles. The van der Waals surface area contributed by atoms with Gasteiger partial charge in [-0.05, 0) is 43.5 Å². The van der Waals surface area contributed by atoms with E-state index < -0.39 is 5.97 Å². The normalized spacial score (nSPS) is 14.2. The lowest BCUT2D eigenvalue weighted by Crippen LogP contribution is -2.35. The molecular weight excluding hydrogens is 390 g/mol. The molecule has 1 atom stereocenters. The minimum Gasteiger partial charge on any atom is -0.490 e. The van der Waals surface area contributed by atoms with E-state index in [1.807, 2.05) is 45.9 Å². The van der Waals surface area contributed by atoms with Gasteiger partial charge in [0.15, 0.2) is 18.1 Å². The van der Waals surface area contributed by atoms with Crippen molar-refractivity contribution in [2.75, 3.05) is 19.8 Å². The van der Waals surface area contributed by atoms with E-state index in [1.165, 1.54) is 11.3 Å². The number of esters is 1. The third-order valence-corrected chi connectivity index (χ3v) is 5.68. The van der Waals surface area contributed by atoms with Crippen molar-refractivity contribution >= 4 is 23.2 Å². The van der Waals surface area contributed by atoms with Gasteiger partial charge < -0.3 is 19.5 Å². The van der Waals surface area contributed by atoms with Crippen molar-refractivity contribution in [1.29, 1.82) is 0 Å². The number of nitrogens with one attached hydrogen (secondary N) is 1. The van der Waals surface area contributed by atoms with Gasteiger partial charge in [-0.2, -0.15) is 0 Å². The Kier molecular flexibility index (Phi) is 6.79. The van der Waals surface area contributed by atoms with Crippen LogP contribution in [0.1, 0.15) is 52.0 Å². The Morgan fingerprint density at radius 1 is 1.14 bits per heavy atom. The van der Waals surface area contributed by atoms with Crippen LogP contribution in [0.25, 0.3) is 0 Å². The smallest absolute Gasteiger partial charge is 0.339 e. The lowest BCUT2D eigenvalue weighted by molar-refractivity contribution is -0.125. The standard InChI is InChI=1S/C22H27NO5S/c1-13(2)21(16-6-7-18-19(11-16)27-9-5-8-26-18)23-20(24)12-28-22(25)17-10-14(3)29-15(17)4/h6-7,10-11,13,21H,5,8-9,12H2,1-4H3,(H,23,24)/t21-/m1/s1. The summed E-state index contributed by atoms with van der Waals surface area (Å²) in [6.07, 6.45) is 0.836. The van der Waals surface area contributed by atoms with E-state index in [-0.39, 0.29) is 24.5 Å². The van der Waals surface area contributed by atoms with Crippen LogP contribution in [0.5, 0.6) is 11.5 Å². The minimum atomic E-state index is -0.473. The fourth-order valence-electron chi connectivity index (χ4n) is 3.27. The van der Waals surface area contributed by atoms with Crippen LogP contribution in [0.2, 0.25) is 0 Å². The third kappa shape index (κ3) is 5.29. The Hall–Kier alpha value is -2.54. The van der Waals surface area contributed by atoms with Crippen LogP contribution in [0.15, 0.2) is 24.3 Å². The van der Waals surface area contributed by atoms with Crippen LogP contribution >= 0.6 is 11.3 Å². The van der Waals surface area contributed by atoms with E-state index >= 15 is 0 Å². The van der Waals surface area contributed by atoms with Crippen LogP contribution < -0.4 is 14.8 Å². The summed E-state index contributed by atoms with van der Waals surface area (Å²) in [6, 6.07) is 7.27. The molecule has 1 aliphatic rings. The first kappa shape index (κ1) is 21.2. The molecule has 6 nitrogen and oxygen atoms in total. The first-order chi connectivity index (χ1) is 13.8. The fraction of sp³-hybridized carbons (Fsp3) is 0.455. The van der Waals surface area contributed by atoms with Gasteiger partial charge in [0.2, 0.25) is 0 Å². The second kappa shape index (κ2) is 9.31. The summed E-state index contributed by atoms with van der Waals surface area (Å²) < 4.78 is 16.7. The maximum Gasteiger partial charge on any atom is 0.339 e. The zero-order chi connectivity index (χ0) is 21.0. The molecule has 0 bridgehead atoms. The molecule has 0 fully saturated rings. The molecule has 2 aromatic rings. The highest BCUT2D eigenvalue weighted by Gasteiger charge is 2.22. The highest BCUT2D eigenvalue weighted by atomic mass is 32.1. The summed E-state index contributed by atoms with van der Waals surface area (Å²) in [5, 5.41) is 2.97. The van der Waals surface area contributed by atoms with E-state index in [9.17, 15) is 9.59 Å². The number of rotatable bonds is 6. The Morgan fingerprint density at radius 3 is 2.52 bits per heavy atom. The average molecular weight is 418 g/mol. The summed E-state index contributed by atoms with van der Waals surface area (Å²) in [5.74, 6) is 0.735. The Bertz CT molecular complexity index is 889. The second-order valence-electron chi connectivity index (χ2n) is 7.45. The van der Waals surface area contributed by atoms with E-state index in [4.69, 9.17) is 14.2 Å². The highest BCUT2D eigenvalue weighted by molar-refractivity contribution is 7.12. The lowest BCUT2D eigenvalue weighted by Gasteiger charge is -2.23. The Morgan fingerprint density at radius 2 is 1.86 bits per heavy atom. The molecule has 1 amide bonds. The van der Waals surface area contributed by atoms with Gasteiger partial charge in [0.25, 0.3) is 5.91 Å². The lowest BCUT2D eigenvalue weighted by atomic mass is 9.95. The molecule has 3 rings (SSSR count). The molecule has 0 saturated heterocycles. The van der Waals surface area contributed by atoms with Gasteiger partial charge in [0.1, 0.15) is 0 Å². The van der Waals surface area contributed by atoms with Crippen molar-refractivity contribution < 1.29 is 23.8 Å². The zero-order valence-corrected chi connectivity index (χ0v) is 18.1. The number of thiophene rings is 1. The molecule has 0 saturated carbocycles. The Labute approximate surface area is 175 Å². The molecule has 1 aliphatic heterocycles. The molecule has 156 valence electrons. The number of benzene rings is 1. The summed E-state index contributed by atoms with van der Waals surface area (Å²) in [7, 11) is 0. The van der Waals surface area contributed by atoms with Gasteiger partial charge in [-0.1, -0.05) is 19.9 Å².